The topological polar surface area (TPSA) is 139 Å². The largest absolute Gasteiger partial charge is 0.486 e. The van der Waals surface area contributed by atoms with Gasteiger partial charge < -0.3 is 14.0 Å². The molecule has 4 rings (SSSR count). The zero-order valence-electron chi connectivity index (χ0n) is 15.8. The van der Waals surface area contributed by atoms with Crippen molar-refractivity contribution in [2.24, 2.45) is 4.99 Å². The van der Waals surface area contributed by atoms with E-state index in [0.29, 0.717) is 36.1 Å². The minimum atomic E-state index is -0.839. The summed E-state index contributed by atoms with van der Waals surface area (Å²) in [5.74, 6) is 0.313. The molecule has 12 heteroatoms. The minimum absolute atomic E-state index is 0.255. The van der Waals surface area contributed by atoms with Gasteiger partial charge in [-0.25, -0.2) is 0 Å². The number of carbonyl (C=O) groups is 1. The van der Waals surface area contributed by atoms with Crippen molar-refractivity contribution >= 4 is 38.8 Å². The average Bonchev–Trinajstić information content (AvgIpc) is 3.07. The van der Waals surface area contributed by atoms with Gasteiger partial charge in [0, 0.05) is 30.8 Å². The molecule has 1 aliphatic heterocycles. The van der Waals surface area contributed by atoms with Crippen molar-refractivity contribution in [3.8, 4) is 11.5 Å². The van der Waals surface area contributed by atoms with Gasteiger partial charge in [-0.3, -0.25) is 25.0 Å². The Morgan fingerprint density at radius 2 is 1.71 bits per heavy atom. The Morgan fingerprint density at radius 1 is 1.10 bits per heavy atom. The van der Waals surface area contributed by atoms with Crippen molar-refractivity contribution in [1.29, 1.82) is 0 Å². The highest BCUT2D eigenvalue weighted by atomic mass is 32.1. The molecule has 3 aromatic rings. The van der Waals surface area contributed by atoms with Crippen LogP contribution in [0.15, 0.2) is 48.0 Å². The molecule has 0 fully saturated rings. The van der Waals surface area contributed by atoms with Crippen LogP contribution < -0.4 is 14.3 Å². The molecule has 1 aromatic heterocycles. The maximum atomic E-state index is 12.8. The van der Waals surface area contributed by atoms with Crippen LogP contribution in [-0.2, 0) is 6.54 Å². The molecule has 0 spiro atoms. The van der Waals surface area contributed by atoms with Gasteiger partial charge in [-0.2, -0.15) is 4.99 Å². The van der Waals surface area contributed by atoms with Crippen molar-refractivity contribution in [2.75, 3.05) is 13.2 Å². The van der Waals surface area contributed by atoms with Crippen LogP contribution in [0.3, 0.4) is 0 Å². The molecule has 11 nitrogen and oxygen atoms in total. The highest BCUT2D eigenvalue weighted by Crippen LogP contribution is 2.35. The highest BCUT2D eigenvalue weighted by molar-refractivity contribution is 7.16. The molecule has 31 heavy (non-hydrogen) atoms. The lowest BCUT2D eigenvalue weighted by atomic mass is 10.1. The zero-order valence-corrected chi connectivity index (χ0v) is 16.7. The first-order chi connectivity index (χ1) is 14.9. The number of nitro groups is 2. The van der Waals surface area contributed by atoms with Crippen molar-refractivity contribution in [3.05, 3.63) is 73.6 Å². The number of rotatable bonds is 5. The van der Waals surface area contributed by atoms with Crippen LogP contribution in [0.4, 0.5) is 11.4 Å². The number of hydrogen-bond acceptors (Lipinski definition) is 8. The number of benzene rings is 2. The van der Waals surface area contributed by atoms with Gasteiger partial charge in [-0.1, -0.05) is 17.4 Å². The lowest BCUT2D eigenvalue weighted by Gasteiger charge is -2.18. The van der Waals surface area contributed by atoms with Gasteiger partial charge in [-0.15, -0.1) is 6.58 Å². The number of thiazole rings is 1. The first kappa shape index (κ1) is 20.2. The SMILES string of the molecule is C=CCn1c(=NC(=O)c2cc([N+](=O)[O-])cc([N+](=O)[O-])c2)sc2cc3c(cc21)OCCO3. The van der Waals surface area contributed by atoms with Crippen LogP contribution in [0.25, 0.3) is 10.2 Å². The Morgan fingerprint density at radius 3 is 2.29 bits per heavy atom. The van der Waals surface area contributed by atoms with Crippen molar-refractivity contribution < 1.29 is 24.1 Å². The van der Waals surface area contributed by atoms with Crippen molar-refractivity contribution in [2.45, 2.75) is 6.54 Å². The fraction of sp³-hybridized carbons (Fsp3) is 0.158. The van der Waals surface area contributed by atoms with Gasteiger partial charge in [0.1, 0.15) is 13.2 Å². The van der Waals surface area contributed by atoms with E-state index in [4.69, 9.17) is 9.47 Å². The molecule has 0 saturated carbocycles. The van der Waals surface area contributed by atoms with Gasteiger partial charge in [0.05, 0.1) is 31.7 Å². The third kappa shape index (κ3) is 3.88. The molecule has 2 aromatic carbocycles. The van der Waals surface area contributed by atoms with E-state index in [-0.39, 0.29) is 5.56 Å². The van der Waals surface area contributed by atoms with Gasteiger partial charge in [-0.05, 0) is 0 Å². The molecule has 0 saturated heterocycles. The van der Waals surface area contributed by atoms with Crippen molar-refractivity contribution in [1.82, 2.24) is 4.57 Å². The van der Waals surface area contributed by atoms with E-state index in [2.05, 4.69) is 11.6 Å². The van der Waals surface area contributed by atoms with Gasteiger partial charge in [0.15, 0.2) is 16.3 Å². The molecule has 0 unspecified atom stereocenters. The normalized spacial score (nSPS) is 13.2. The monoisotopic (exact) mass is 442 g/mol. The second-order valence-corrected chi connectivity index (χ2v) is 7.43. The quantitative estimate of drug-likeness (QED) is 0.336. The number of ether oxygens (including phenoxy) is 2. The number of aromatic nitrogens is 1. The first-order valence-corrected chi connectivity index (χ1v) is 9.76. The van der Waals surface area contributed by atoms with Crippen LogP contribution >= 0.6 is 11.3 Å². The molecule has 0 atom stereocenters. The minimum Gasteiger partial charge on any atom is -0.486 e. The van der Waals surface area contributed by atoms with Gasteiger partial charge >= 0.3 is 0 Å². The summed E-state index contributed by atoms with van der Waals surface area (Å²) in [6.45, 7) is 4.91. The number of allylic oxidation sites excluding steroid dienone is 1. The molecule has 1 amide bonds. The summed E-state index contributed by atoms with van der Waals surface area (Å²) >= 11 is 1.21. The summed E-state index contributed by atoms with van der Waals surface area (Å²) in [5.41, 5.74) is -0.643. The van der Waals surface area contributed by atoms with E-state index in [1.54, 1.807) is 22.8 Å². The number of nitrogens with zero attached hydrogens (tertiary/aromatic N) is 4. The van der Waals surface area contributed by atoms with Gasteiger partial charge in [0.2, 0.25) is 0 Å². The highest BCUT2D eigenvalue weighted by Gasteiger charge is 2.21. The Kier molecular flexibility index (Phi) is 5.21. The zero-order chi connectivity index (χ0) is 22.1. The smallest absolute Gasteiger partial charge is 0.280 e. The first-order valence-electron chi connectivity index (χ1n) is 8.94. The summed E-state index contributed by atoms with van der Waals surface area (Å²) in [5, 5.41) is 22.2. The summed E-state index contributed by atoms with van der Waals surface area (Å²) < 4.78 is 13.7. The lowest BCUT2D eigenvalue weighted by molar-refractivity contribution is -0.394. The van der Waals surface area contributed by atoms with Crippen LogP contribution in [-0.4, -0.2) is 33.5 Å². The average molecular weight is 442 g/mol. The van der Waals surface area contributed by atoms with Crippen LogP contribution in [0.2, 0.25) is 0 Å². The predicted octanol–water partition coefficient (Wildman–Crippen LogP) is 3.22. The lowest BCUT2D eigenvalue weighted by Crippen LogP contribution is -2.17. The number of non-ortho nitro benzene ring substituents is 2. The molecule has 0 bridgehead atoms. The van der Waals surface area contributed by atoms with Crippen LogP contribution in [0, 0.1) is 20.2 Å². The Hall–Kier alpha value is -4.06. The Bertz CT molecular complexity index is 1290. The van der Waals surface area contributed by atoms with Crippen LogP contribution in [0.5, 0.6) is 11.5 Å². The van der Waals surface area contributed by atoms with E-state index in [1.165, 1.54) is 11.3 Å². The number of amides is 1. The maximum Gasteiger partial charge on any atom is 0.280 e. The fourth-order valence-electron chi connectivity index (χ4n) is 3.08. The third-order valence-corrected chi connectivity index (χ3v) is 5.47. The summed E-state index contributed by atoms with van der Waals surface area (Å²) in [7, 11) is 0. The second-order valence-electron chi connectivity index (χ2n) is 6.42. The molecule has 0 radical (unpaired) electrons. The number of fused-ring (bicyclic) bond motifs is 2. The molecule has 1 aliphatic rings. The van der Waals surface area contributed by atoms with Crippen LogP contribution in [0.1, 0.15) is 10.4 Å². The van der Waals surface area contributed by atoms with E-state index >= 15 is 0 Å². The predicted molar refractivity (Wildman–Crippen MR) is 111 cm³/mol. The number of carbonyl (C=O) groups excluding carboxylic acids is 1. The summed E-state index contributed by atoms with van der Waals surface area (Å²) in [6.07, 6.45) is 1.63. The Balaban J connectivity index is 1.86. The van der Waals surface area contributed by atoms with E-state index in [1.807, 2.05) is 0 Å². The maximum absolute atomic E-state index is 12.8. The third-order valence-electron chi connectivity index (χ3n) is 4.43. The molecule has 158 valence electrons. The Labute approximate surface area is 177 Å². The molecular formula is C19H14N4O7S. The number of nitro benzene ring substituents is 2. The van der Waals surface area contributed by atoms with Crippen molar-refractivity contribution in [3.63, 3.8) is 0 Å². The summed E-state index contributed by atoms with van der Waals surface area (Å²) in [6, 6.07) is 6.29. The van der Waals surface area contributed by atoms with Gasteiger partial charge in [0.25, 0.3) is 17.3 Å². The molecule has 0 N–H and O–H groups in total. The standard InChI is InChI=1S/C19H14N4O7S/c1-2-3-21-14-9-15-16(30-5-4-29-15)10-17(14)31-19(21)20-18(24)11-6-12(22(25)26)8-13(7-11)23(27)28/h2,6-10H,1,3-5H2. The fourth-order valence-corrected chi connectivity index (χ4v) is 4.13. The van der Waals surface area contributed by atoms with E-state index < -0.39 is 27.1 Å². The van der Waals surface area contributed by atoms with E-state index in [9.17, 15) is 25.0 Å². The summed E-state index contributed by atoms with van der Waals surface area (Å²) in [4.78, 5) is 37.7. The second kappa shape index (κ2) is 7.99. The molecule has 2 heterocycles. The van der Waals surface area contributed by atoms with E-state index in [0.717, 1.165) is 28.4 Å². The number of hydrogen-bond donors (Lipinski definition) is 0. The molecule has 0 aliphatic carbocycles. The molecular weight excluding hydrogens is 428 g/mol.